The number of ether oxygens (including phenoxy) is 2. The van der Waals surface area contributed by atoms with Gasteiger partial charge < -0.3 is 14.6 Å². The van der Waals surface area contributed by atoms with Crippen molar-refractivity contribution in [2.75, 3.05) is 14.2 Å². The summed E-state index contributed by atoms with van der Waals surface area (Å²) in [5.74, 6) is -1.57. The molecule has 92 valence electrons. The Morgan fingerprint density at radius 2 is 1.71 bits per heavy atom. The average Bonchev–Trinajstić information content (AvgIpc) is 2.30. The van der Waals surface area contributed by atoms with E-state index in [1.165, 1.54) is 14.2 Å². The molecule has 0 aliphatic carbocycles. The maximum absolute atomic E-state index is 11.2. The van der Waals surface area contributed by atoms with E-state index in [4.69, 9.17) is 14.6 Å². The van der Waals surface area contributed by atoms with Gasteiger partial charge in [0.05, 0.1) is 20.6 Å². The fourth-order valence-corrected chi connectivity index (χ4v) is 1.78. The van der Waals surface area contributed by atoms with Crippen molar-refractivity contribution < 1.29 is 24.2 Å². The molecule has 0 fully saturated rings. The van der Waals surface area contributed by atoms with Gasteiger partial charge in [-0.2, -0.15) is 0 Å². The molecule has 6 heteroatoms. The quantitative estimate of drug-likeness (QED) is 0.838. The molecule has 1 N–H and O–H groups in total. The van der Waals surface area contributed by atoms with Crippen LogP contribution in [0.25, 0.3) is 0 Å². The zero-order valence-electron chi connectivity index (χ0n) is 9.32. The summed E-state index contributed by atoms with van der Waals surface area (Å²) in [5.41, 5.74) is 0.422. The molecule has 1 rings (SSSR count). The van der Waals surface area contributed by atoms with Gasteiger partial charge in [0.2, 0.25) is 5.78 Å². The molecular formula is C11H11BrO5. The molecule has 0 aliphatic heterocycles. The first-order chi connectivity index (χ1) is 7.99. The molecule has 0 bridgehead atoms. The lowest BCUT2D eigenvalue weighted by Crippen LogP contribution is -2.16. The molecule has 0 saturated carbocycles. The smallest absolute Gasteiger partial charge is 0.372 e. The van der Waals surface area contributed by atoms with Crippen LogP contribution in [0.3, 0.4) is 0 Å². The first kappa shape index (κ1) is 13.5. The average molecular weight is 303 g/mol. The number of hydrogen-bond donors (Lipinski definition) is 1. The lowest BCUT2D eigenvalue weighted by atomic mass is 10.1. The minimum atomic E-state index is -1.47. The van der Waals surface area contributed by atoms with Gasteiger partial charge in [-0.05, 0) is 12.1 Å². The highest BCUT2D eigenvalue weighted by molar-refractivity contribution is 9.10. The Morgan fingerprint density at radius 1 is 1.24 bits per heavy atom. The van der Waals surface area contributed by atoms with E-state index in [1.807, 2.05) is 0 Å². The number of carboxylic acid groups (broad SMARTS) is 1. The Morgan fingerprint density at radius 3 is 2.06 bits per heavy atom. The van der Waals surface area contributed by atoms with E-state index in [-0.39, 0.29) is 6.42 Å². The molecule has 0 saturated heterocycles. The molecule has 0 amide bonds. The number of halogens is 1. The van der Waals surface area contributed by atoms with Crippen LogP contribution in [-0.4, -0.2) is 31.1 Å². The summed E-state index contributed by atoms with van der Waals surface area (Å²) in [5, 5.41) is 8.58. The standard InChI is InChI=1S/C11H11BrO5/c1-16-9-3-6(12)4-10(17-2)7(9)5-8(13)11(14)15/h3-4H,5H2,1-2H3,(H,14,15). The summed E-state index contributed by atoms with van der Waals surface area (Å²) in [7, 11) is 2.88. The van der Waals surface area contributed by atoms with E-state index in [1.54, 1.807) is 12.1 Å². The minimum Gasteiger partial charge on any atom is -0.496 e. The zero-order valence-corrected chi connectivity index (χ0v) is 10.9. The number of rotatable bonds is 5. The van der Waals surface area contributed by atoms with Gasteiger partial charge in [0, 0.05) is 10.0 Å². The molecule has 0 aromatic heterocycles. The van der Waals surface area contributed by atoms with Crippen molar-refractivity contribution >= 4 is 27.7 Å². The number of methoxy groups -OCH3 is 2. The molecule has 1 aromatic carbocycles. The molecule has 17 heavy (non-hydrogen) atoms. The van der Waals surface area contributed by atoms with Crippen LogP contribution < -0.4 is 9.47 Å². The largest absolute Gasteiger partial charge is 0.496 e. The number of aliphatic carboxylic acids is 1. The molecule has 0 unspecified atom stereocenters. The van der Waals surface area contributed by atoms with E-state index in [0.717, 1.165) is 4.47 Å². The molecule has 0 spiro atoms. The Bertz CT molecular complexity index is 430. The van der Waals surface area contributed by atoms with Crippen molar-refractivity contribution in [1.29, 1.82) is 0 Å². The molecule has 0 atom stereocenters. The van der Waals surface area contributed by atoms with Crippen LogP contribution in [0.15, 0.2) is 16.6 Å². The first-order valence-electron chi connectivity index (χ1n) is 4.66. The van der Waals surface area contributed by atoms with E-state index < -0.39 is 11.8 Å². The zero-order chi connectivity index (χ0) is 13.0. The highest BCUT2D eigenvalue weighted by Crippen LogP contribution is 2.33. The van der Waals surface area contributed by atoms with Crippen LogP contribution in [0.5, 0.6) is 11.5 Å². The third kappa shape index (κ3) is 3.20. The van der Waals surface area contributed by atoms with Gasteiger partial charge in [-0.15, -0.1) is 0 Å². The van der Waals surface area contributed by atoms with Crippen LogP contribution in [0, 0.1) is 0 Å². The molecular weight excluding hydrogens is 292 g/mol. The van der Waals surface area contributed by atoms with Crippen molar-refractivity contribution in [3.63, 3.8) is 0 Å². The van der Waals surface area contributed by atoms with Crippen molar-refractivity contribution in [2.24, 2.45) is 0 Å². The summed E-state index contributed by atoms with van der Waals surface area (Å²) in [6.07, 6.45) is -0.269. The monoisotopic (exact) mass is 302 g/mol. The predicted molar refractivity (Wildman–Crippen MR) is 63.6 cm³/mol. The Kier molecular flexibility index (Phi) is 4.51. The van der Waals surface area contributed by atoms with Gasteiger partial charge in [0.15, 0.2) is 0 Å². The lowest BCUT2D eigenvalue weighted by molar-refractivity contribution is -0.148. The van der Waals surface area contributed by atoms with Gasteiger partial charge >= 0.3 is 5.97 Å². The van der Waals surface area contributed by atoms with Crippen LogP contribution in [0.1, 0.15) is 5.56 Å². The minimum absolute atomic E-state index is 0.269. The number of Topliss-reactive ketones (excluding diaryl/α,β-unsaturated/α-hetero) is 1. The van der Waals surface area contributed by atoms with Crippen LogP contribution >= 0.6 is 15.9 Å². The van der Waals surface area contributed by atoms with Gasteiger partial charge in [-0.25, -0.2) is 4.79 Å². The van der Waals surface area contributed by atoms with E-state index >= 15 is 0 Å². The SMILES string of the molecule is COc1cc(Br)cc(OC)c1CC(=O)C(=O)O. The number of ketones is 1. The van der Waals surface area contributed by atoms with E-state index in [2.05, 4.69) is 15.9 Å². The fourth-order valence-electron chi connectivity index (χ4n) is 1.36. The van der Waals surface area contributed by atoms with Crippen LogP contribution in [0.4, 0.5) is 0 Å². The summed E-state index contributed by atoms with van der Waals surface area (Å²) in [6.45, 7) is 0. The number of hydrogen-bond acceptors (Lipinski definition) is 4. The maximum atomic E-state index is 11.2. The topological polar surface area (TPSA) is 72.8 Å². The number of carboxylic acids is 1. The Labute approximate surface area is 106 Å². The number of carbonyl (C=O) groups is 2. The highest BCUT2D eigenvalue weighted by Gasteiger charge is 2.19. The Hall–Kier alpha value is -1.56. The molecule has 5 nitrogen and oxygen atoms in total. The molecule has 0 radical (unpaired) electrons. The van der Waals surface area contributed by atoms with Gasteiger partial charge in [-0.1, -0.05) is 15.9 Å². The van der Waals surface area contributed by atoms with Gasteiger partial charge in [-0.3, -0.25) is 4.79 Å². The van der Waals surface area contributed by atoms with Gasteiger partial charge in [0.1, 0.15) is 11.5 Å². The first-order valence-corrected chi connectivity index (χ1v) is 5.45. The molecule has 1 aromatic rings. The second-order valence-corrected chi connectivity index (χ2v) is 4.11. The van der Waals surface area contributed by atoms with Crippen LogP contribution in [-0.2, 0) is 16.0 Å². The summed E-state index contributed by atoms with van der Waals surface area (Å²) in [4.78, 5) is 21.7. The normalized spacial score (nSPS) is 9.82. The van der Waals surface area contributed by atoms with Crippen molar-refractivity contribution in [1.82, 2.24) is 0 Å². The van der Waals surface area contributed by atoms with Crippen molar-refractivity contribution in [3.8, 4) is 11.5 Å². The Balaban J connectivity index is 3.19. The third-order valence-corrected chi connectivity index (χ3v) is 2.61. The molecule has 0 aliphatic rings. The third-order valence-electron chi connectivity index (χ3n) is 2.15. The highest BCUT2D eigenvalue weighted by atomic mass is 79.9. The maximum Gasteiger partial charge on any atom is 0.372 e. The van der Waals surface area contributed by atoms with Crippen LogP contribution in [0.2, 0.25) is 0 Å². The second-order valence-electron chi connectivity index (χ2n) is 3.19. The number of benzene rings is 1. The lowest BCUT2D eigenvalue weighted by Gasteiger charge is -2.12. The van der Waals surface area contributed by atoms with Crippen molar-refractivity contribution in [3.05, 3.63) is 22.2 Å². The second kappa shape index (κ2) is 5.67. The predicted octanol–water partition coefficient (Wildman–Crippen LogP) is 1.66. The van der Waals surface area contributed by atoms with E-state index in [9.17, 15) is 9.59 Å². The summed E-state index contributed by atoms with van der Waals surface area (Å²) < 4.78 is 10.9. The van der Waals surface area contributed by atoms with E-state index in [0.29, 0.717) is 17.1 Å². The molecule has 0 heterocycles. The number of carbonyl (C=O) groups excluding carboxylic acids is 1. The van der Waals surface area contributed by atoms with Crippen molar-refractivity contribution in [2.45, 2.75) is 6.42 Å². The summed E-state index contributed by atoms with van der Waals surface area (Å²) >= 11 is 3.26. The fraction of sp³-hybridized carbons (Fsp3) is 0.273. The summed E-state index contributed by atoms with van der Waals surface area (Å²) in [6, 6.07) is 3.29. The van der Waals surface area contributed by atoms with Gasteiger partial charge in [0.25, 0.3) is 0 Å².